The highest BCUT2D eigenvalue weighted by molar-refractivity contribution is 7.98. The molecule has 2 aromatic rings. The molecule has 5 nitrogen and oxygen atoms in total. The lowest BCUT2D eigenvalue weighted by molar-refractivity contribution is -0.136. The van der Waals surface area contributed by atoms with Crippen molar-refractivity contribution in [3.8, 4) is 5.75 Å². The van der Waals surface area contributed by atoms with E-state index in [0.29, 0.717) is 17.2 Å². The molecule has 0 aliphatic rings. The summed E-state index contributed by atoms with van der Waals surface area (Å²) in [6.07, 6.45) is 0.112. The van der Waals surface area contributed by atoms with Gasteiger partial charge in [0.25, 0.3) is 5.91 Å². The topological polar surface area (TPSA) is 75.6 Å². The second-order valence-corrected chi connectivity index (χ2v) is 6.51. The number of benzene rings is 2. The van der Waals surface area contributed by atoms with Crippen LogP contribution in [0.15, 0.2) is 42.5 Å². The first-order chi connectivity index (χ1) is 12.5. The summed E-state index contributed by atoms with van der Waals surface area (Å²) in [5.41, 5.74) is 1.67. The number of halogens is 1. The van der Waals surface area contributed by atoms with E-state index >= 15 is 0 Å². The van der Waals surface area contributed by atoms with Crippen molar-refractivity contribution in [3.05, 3.63) is 59.4 Å². The second kappa shape index (κ2) is 9.82. The lowest BCUT2D eigenvalue weighted by atomic mass is 10.1. The normalized spacial score (nSPS) is 10.4. The van der Waals surface area contributed by atoms with Crippen LogP contribution in [0.5, 0.6) is 5.75 Å². The zero-order valence-electron chi connectivity index (χ0n) is 14.3. The number of rotatable bonds is 9. The number of hydrogen-bond donors (Lipinski definition) is 2. The highest BCUT2D eigenvalue weighted by atomic mass is 32.2. The zero-order valence-corrected chi connectivity index (χ0v) is 15.1. The van der Waals surface area contributed by atoms with Crippen molar-refractivity contribution in [2.45, 2.75) is 19.1 Å². The first kappa shape index (κ1) is 19.8. The molecular formula is C19H20FNO4S. The van der Waals surface area contributed by atoms with Gasteiger partial charge in [0.05, 0.1) is 18.6 Å². The van der Waals surface area contributed by atoms with Gasteiger partial charge in [0, 0.05) is 17.2 Å². The lowest BCUT2D eigenvalue weighted by Crippen LogP contribution is -2.14. The molecule has 0 radical (unpaired) electrons. The molecule has 0 fully saturated rings. The van der Waals surface area contributed by atoms with Gasteiger partial charge < -0.3 is 15.2 Å². The first-order valence-corrected chi connectivity index (χ1v) is 9.28. The van der Waals surface area contributed by atoms with E-state index in [2.05, 4.69) is 5.32 Å². The molecule has 0 atom stereocenters. The number of carboxylic acids is 1. The SMILES string of the molecule is CCOc1c(F)cccc1C(=O)Nc1cccc(CSCCC(=O)O)c1. The van der Waals surface area contributed by atoms with E-state index in [-0.39, 0.29) is 24.3 Å². The molecule has 26 heavy (non-hydrogen) atoms. The van der Waals surface area contributed by atoms with Gasteiger partial charge in [-0.2, -0.15) is 11.8 Å². The van der Waals surface area contributed by atoms with Gasteiger partial charge in [0.15, 0.2) is 11.6 Å². The van der Waals surface area contributed by atoms with E-state index in [4.69, 9.17) is 9.84 Å². The molecule has 2 rings (SSSR count). The van der Waals surface area contributed by atoms with Gasteiger partial charge in [-0.05, 0) is 36.8 Å². The molecule has 2 aromatic carbocycles. The molecule has 2 N–H and O–H groups in total. The third-order valence-electron chi connectivity index (χ3n) is 3.41. The molecule has 0 unspecified atom stereocenters. The Labute approximate surface area is 155 Å². The first-order valence-electron chi connectivity index (χ1n) is 8.12. The summed E-state index contributed by atoms with van der Waals surface area (Å²) >= 11 is 1.51. The van der Waals surface area contributed by atoms with Gasteiger partial charge in [-0.3, -0.25) is 9.59 Å². The van der Waals surface area contributed by atoms with Crippen LogP contribution in [0.3, 0.4) is 0 Å². The van der Waals surface area contributed by atoms with E-state index in [0.717, 1.165) is 5.56 Å². The minimum atomic E-state index is -0.821. The van der Waals surface area contributed by atoms with Crippen molar-refractivity contribution >= 4 is 29.3 Å². The van der Waals surface area contributed by atoms with Gasteiger partial charge in [0.1, 0.15) is 0 Å². The Hall–Kier alpha value is -2.54. The van der Waals surface area contributed by atoms with Gasteiger partial charge in [0.2, 0.25) is 0 Å². The van der Waals surface area contributed by atoms with E-state index in [1.165, 1.54) is 30.0 Å². The molecule has 0 aromatic heterocycles. The quantitative estimate of drug-likeness (QED) is 0.641. The third-order valence-corrected chi connectivity index (χ3v) is 4.44. The van der Waals surface area contributed by atoms with Crippen LogP contribution >= 0.6 is 11.8 Å². The monoisotopic (exact) mass is 377 g/mol. The van der Waals surface area contributed by atoms with Crippen molar-refractivity contribution in [2.24, 2.45) is 0 Å². The summed E-state index contributed by atoms with van der Waals surface area (Å²) in [6.45, 7) is 1.98. The number of nitrogens with one attached hydrogen (secondary N) is 1. The maximum Gasteiger partial charge on any atom is 0.304 e. The smallest absolute Gasteiger partial charge is 0.304 e. The maximum atomic E-state index is 13.9. The van der Waals surface area contributed by atoms with Gasteiger partial charge >= 0.3 is 5.97 Å². The predicted octanol–water partition coefficient (Wildman–Crippen LogP) is 4.18. The van der Waals surface area contributed by atoms with Gasteiger partial charge in [-0.1, -0.05) is 18.2 Å². The number of thioether (sulfide) groups is 1. The zero-order chi connectivity index (χ0) is 18.9. The highest BCUT2D eigenvalue weighted by Gasteiger charge is 2.16. The predicted molar refractivity (Wildman–Crippen MR) is 100 cm³/mol. The summed E-state index contributed by atoms with van der Waals surface area (Å²) in [6, 6.07) is 11.5. The summed E-state index contributed by atoms with van der Waals surface area (Å²) in [5, 5.41) is 11.4. The number of amides is 1. The number of anilines is 1. The minimum absolute atomic E-state index is 0.0621. The number of ether oxygens (including phenoxy) is 1. The molecule has 0 bridgehead atoms. The number of aliphatic carboxylic acids is 1. The molecule has 0 spiro atoms. The molecule has 1 amide bonds. The molecule has 0 aliphatic carbocycles. The van der Waals surface area contributed by atoms with Crippen LogP contribution < -0.4 is 10.1 Å². The number of para-hydroxylation sites is 1. The van der Waals surface area contributed by atoms with Crippen LogP contribution in [0, 0.1) is 5.82 Å². The van der Waals surface area contributed by atoms with E-state index in [1.54, 1.807) is 19.1 Å². The van der Waals surface area contributed by atoms with Crippen LogP contribution in [-0.4, -0.2) is 29.3 Å². The molecule has 0 aliphatic heterocycles. The Morgan fingerprint density at radius 2 is 2.00 bits per heavy atom. The Bertz CT molecular complexity index is 782. The molecule has 7 heteroatoms. The summed E-state index contributed by atoms with van der Waals surface area (Å²) in [7, 11) is 0. The molecule has 0 saturated heterocycles. The summed E-state index contributed by atoms with van der Waals surface area (Å²) < 4.78 is 19.1. The molecule has 0 heterocycles. The average Bonchev–Trinajstić information content (AvgIpc) is 2.61. The lowest BCUT2D eigenvalue weighted by Gasteiger charge is -2.12. The Balaban J connectivity index is 2.04. The maximum absolute atomic E-state index is 13.9. The minimum Gasteiger partial charge on any atom is -0.490 e. The highest BCUT2D eigenvalue weighted by Crippen LogP contribution is 2.24. The van der Waals surface area contributed by atoms with Gasteiger partial charge in [-0.25, -0.2) is 4.39 Å². The van der Waals surface area contributed by atoms with Gasteiger partial charge in [-0.15, -0.1) is 0 Å². The van der Waals surface area contributed by atoms with E-state index in [9.17, 15) is 14.0 Å². The van der Waals surface area contributed by atoms with Crippen molar-refractivity contribution in [2.75, 3.05) is 17.7 Å². The standard InChI is InChI=1S/C19H20FNO4S/c1-2-25-18-15(7-4-8-16(18)20)19(24)21-14-6-3-5-13(11-14)12-26-10-9-17(22)23/h3-8,11H,2,9-10,12H2,1H3,(H,21,24)(H,22,23). The van der Waals surface area contributed by atoms with Crippen LogP contribution in [0.25, 0.3) is 0 Å². The average molecular weight is 377 g/mol. The van der Waals surface area contributed by atoms with E-state index < -0.39 is 17.7 Å². The molecule has 138 valence electrons. The van der Waals surface area contributed by atoms with Crippen LogP contribution in [0.1, 0.15) is 29.3 Å². The van der Waals surface area contributed by atoms with E-state index in [1.807, 2.05) is 12.1 Å². The third kappa shape index (κ3) is 5.77. The largest absolute Gasteiger partial charge is 0.490 e. The van der Waals surface area contributed by atoms with Crippen LogP contribution in [-0.2, 0) is 10.5 Å². The number of carbonyl (C=O) groups excluding carboxylic acids is 1. The Morgan fingerprint density at radius 3 is 2.73 bits per heavy atom. The number of carbonyl (C=O) groups is 2. The van der Waals surface area contributed by atoms with Crippen molar-refractivity contribution in [1.82, 2.24) is 0 Å². The number of hydrogen-bond acceptors (Lipinski definition) is 4. The second-order valence-electron chi connectivity index (χ2n) is 5.40. The summed E-state index contributed by atoms with van der Waals surface area (Å²) in [4.78, 5) is 23.0. The fraction of sp³-hybridized carbons (Fsp3) is 0.263. The molecular weight excluding hydrogens is 357 g/mol. The van der Waals surface area contributed by atoms with Crippen molar-refractivity contribution in [3.63, 3.8) is 0 Å². The molecule has 0 saturated carbocycles. The fourth-order valence-electron chi connectivity index (χ4n) is 2.27. The Morgan fingerprint density at radius 1 is 1.23 bits per heavy atom. The van der Waals surface area contributed by atoms with Crippen LogP contribution in [0.2, 0.25) is 0 Å². The van der Waals surface area contributed by atoms with Crippen molar-refractivity contribution in [1.29, 1.82) is 0 Å². The Kier molecular flexibility index (Phi) is 7.47. The number of carboxylic acid groups (broad SMARTS) is 1. The van der Waals surface area contributed by atoms with Crippen LogP contribution in [0.4, 0.5) is 10.1 Å². The van der Waals surface area contributed by atoms with Crippen molar-refractivity contribution < 1.29 is 23.8 Å². The summed E-state index contributed by atoms with van der Waals surface area (Å²) in [5.74, 6) is -0.757. The fourth-order valence-corrected chi connectivity index (χ4v) is 3.14.